The van der Waals surface area contributed by atoms with Crippen LogP contribution in [0.5, 0.6) is 0 Å². The second-order valence-corrected chi connectivity index (χ2v) is 3.56. The molecule has 0 radical (unpaired) electrons. The van der Waals surface area contributed by atoms with Crippen molar-refractivity contribution in [1.29, 1.82) is 0 Å². The van der Waals surface area contributed by atoms with Gasteiger partial charge >= 0.3 is 0 Å². The molecule has 0 aliphatic carbocycles. The van der Waals surface area contributed by atoms with E-state index in [9.17, 15) is 0 Å². The van der Waals surface area contributed by atoms with Crippen LogP contribution in [0, 0.1) is 0 Å². The van der Waals surface area contributed by atoms with Gasteiger partial charge in [0.25, 0.3) is 0 Å². The van der Waals surface area contributed by atoms with Gasteiger partial charge in [-0.05, 0) is 13.3 Å². The summed E-state index contributed by atoms with van der Waals surface area (Å²) in [6.45, 7) is 4.28. The number of thiocarbonyl (C=S) groups is 1. The number of hydrogen-bond acceptors (Lipinski definition) is 1. The highest BCUT2D eigenvalue weighted by atomic mass is 32.1. The zero-order valence-corrected chi connectivity index (χ0v) is 8.90. The summed E-state index contributed by atoms with van der Waals surface area (Å²) in [5.74, 6) is 0. The first-order valence-electron chi connectivity index (χ1n) is 4.60. The van der Waals surface area contributed by atoms with Gasteiger partial charge in [0.15, 0.2) is 0 Å². The molecule has 1 nitrogen and oxygen atoms in total. The zero-order valence-electron chi connectivity index (χ0n) is 8.08. The van der Waals surface area contributed by atoms with Gasteiger partial charge in [-0.15, -0.1) is 0 Å². The van der Waals surface area contributed by atoms with Crippen molar-refractivity contribution in [2.24, 2.45) is 0 Å². The molecule has 13 heavy (non-hydrogen) atoms. The molecular weight excluding hydrogens is 178 g/mol. The highest BCUT2D eigenvalue weighted by Gasteiger charge is 2.02. The standard InChI is InChI=1S/C11H15NS/c1-3-9(2)12-11(13)10-7-5-4-6-8-10/h4-9H,3H2,1-2H3,(H,12,13). The van der Waals surface area contributed by atoms with Gasteiger partial charge in [-0.1, -0.05) is 49.5 Å². The van der Waals surface area contributed by atoms with E-state index < -0.39 is 0 Å². The Bertz CT molecular complexity index is 269. The van der Waals surface area contributed by atoms with E-state index in [-0.39, 0.29) is 0 Å². The van der Waals surface area contributed by atoms with Gasteiger partial charge in [0.1, 0.15) is 4.99 Å². The summed E-state index contributed by atoms with van der Waals surface area (Å²) in [6.07, 6.45) is 1.09. The van der Waals surface area contributed by atoms with Crippen LogP contribution in [-0.2, 0) is 0 Å². The average Bonchev–Trinajstić information content (AvgIpc) is 2.19. The molecule has 1 rings (SSSR count). The second kappa shape index (κ2) is 4.97. The molecule has 1 unspecified atom stereocenters. The Labute approximate surface area is 85.2 Å². The topological polar surface area (TPSA) is 12.0 Å². The molecule has 1 aromatic rings. The minimum Gasteiger partial charge on any atom is -0.373 e. The molecule has 0 saturated heterocycles. The van der Waals surface area contributed by atoms with E-state index in [1.807, 2.05) is 30.3 Å². The number of benzene rings is 1. The number of nitrogens with one attached hydrogen (secondary N) is 1. The van der Waals surface area contributed by atoms with Crippen LogP contribution < -0.4 is 5.32 Å². The quantitative estimate of drug-likeness (QED) is 0.741. The van der Waals surface area contributed by atoms with E-state index in [2.05, 4.69) is 19.2 Å². The smallest absolute Gasteiger partial charge is 0.106 e. The van der Waals surface area contributed by atoms with Crippen molar-refractivity contribution in [3.05, 3.63) is 35.9 Å². The van der Waals surface area contributed by atoms with Crippen LogP contribution in [0.4, 0.5) is 0 Å². The van der Waals surface area contributed by atoms with Crippen LogP contribution >= 0.6 is 12.2 Å². The van der Waals surface area contributed by atoms with Gasteiger partial charge in [0.2, 0.25) is 0 Å². The predicted molar refractivity (Wildman–Crippen MR) is 61.0 cm³/mol. The van der Waals surface area contributed by atoms with E-state index in [1.165, 1.54) is 0 Å². The Kier molecular flexibility index (Phi) is 3.90. The lowest BCUT2D eigenvalue weighted by Gasteiger charge is -2.13. The fourth-order valence-corrected chi connectivity index (χ4v) is 1.34. The summed E-state index contributed by atoms with van der Waals surface area (Å²) in [5.41, 5.74) is 1.10. The van der Waals surface area contributed by atoms with Crippen molar-refractivity contribution in [3.63, 3.8) is 0 Å². The summed E-state index contributed by atoms with van der Waals surface area (Å²) >= 11 is 5.25. The highest BCUT2D eigenvalue weighted by Crippen LogP contribution is 2.00. The van der Waals surface area contributed by atoms with Crippen LogP contribution in [0.1, 0.15) is 25.8 Å². The van der Waals surface area contributed by atoms with E-state index in [4.69, 9.17) is 12.2 Å². The summed E-state index contributed by atoms with van der Waals surface area (Å²) in [4.78, 5) is 0.843. The molecule has 1 atom stereocenters. The van der Waals surface area contributed by atoms with E-state index in [1.54, 1.807) is 0 Å². The van der Waals surface area contributed by atoms with Gasteiger partial charge < -0.3 is 5.32 Å². The molecule has 70 valence electrons. The first kappa shape index (κ1) is 10.2. The minimum atomic E-state index is 0.452. The third kappa shape index (κ3) is 3.15. The fraction of sp³-hybridized carbons (Fsp3) is 0.364. The lowest BCUT2D eigenvalue weighted by molar-refractivity contribution is 0.647. The maximum absolute atomic E-state index is 5.25. The third-order valence-electron chi connectivity index (χ3n) is 2.03. The minimum absolute atomic E-state index is 0.452. The average molecular weight is 193 g/mol. The molecule has 0 fully saturated rings. The van der Waals surface area contributed by atoms with Gasteiger partial charge in [-0.25, -0.2) is 0 Å². The lowest BCUT2D eigenvalue weighted by atomic mass is 10.2. The lowest BCUT2D eigenvalue weighted by Crippen LogP contribution is -2.30. The molecule has 0 saturated carbocycles. The number of hydrogen-bond donors (Lipinski definition) is 1. The Hall–Kier alpha value is -0.890. The first-order valence-corrected chi connectivity index (χ1v) is 5.00. The second-order valence-electron chi connectivity index (χ2n) is 3.15. The Morgan fingerprint density at radius 1 is 1.38 bits per heavy atom. The van der Waals surface area contributed by atoms with Crippen LogP contribution in [0.25, 0.3) is 0 Å². The maximum atomic E-state index is 5.25. The molecule has 0 aromatic heterocycles. The maximum Gasteiger partial charge on any atom is 0.106 e. The molecule has 2 heteroatoms. The molecule has 0 aliphatic heterocycles. The van der Waals surface area contributed by atoms with E-state index >= 15 is 0 Å². The van der Waals surface area contributed by atoms with Gasteiger partial charge in [-0.3, -0.25) is 0 Å². The van der Waals surface area contributed by atoms with Crippen molar-refractivity contribution in [1.82, 2.24) is 5.32 Å². The number of rotatable bonds is 3. The fourth-order valence-electron chi connectivity index (χ4n) is 0.999. The van der Waals surface area contributed by atoms with Crippen LogP contribution in [0.2, 0.25) is 0 Å². The molecule has 1 N–H and O–H groups in total. The molecular formula is C11H15NS. The molecule has 0 amide bonds. The van der Waals surface area contributed by atoms with Gasteiger partial charge in [-0.2, -0.15) is 0 Å². The van der Waals surface area contributed by atoms with Gasteiger partial charge in [0.05, 0.1) is 0 Å². The Morgan fingerprint density at radius 2 is 2.00 bits per heavy atom. The van der Waals surface area contributed by atoms with Crippen molar-refractivity contribution in [2.75, 3.05) is 0 Å². The summed E-state index contributed by atoms with van der Waals surface area (Å²) in [7, 11) is 0. The Morgan fingerprint density at radius 3 is 2.54 bits per heavy atom. The third-order valence-corrected chi connectivity index (χ3v) is 2.38. The SMILES string of the molecule is CCC(C)NC(=S)c1ccccc1. The monoisotopic (exact) mass is 193 g/mol. The first-order chi connectivity index (χ1) is 6.24. The van der Waals surface area contributed by atoms with Crippen molar-refractivity contribution in [3.8, 4) is 0 Å². The predicted octanol–water partition coefficient (Wildman–Crippen LogP) is 2.75. The molecule has 0 bridgehead atoms. The molecule has 0 spiro atoms. The molecule has 1 aromatic carbocycles. The highest BCUT2D eigenvalue weighted by molar-refractivity contribution is 7.80. The van der Waals surface area contributed by atoms with Crippen molar-refractivity contribution < 1.29 is 0 Å². The summed E-state index contributed by atoms with van der Waals surface area (Å²) in [5, 5.41) is 3.28. The van der Waals surface area contributed by atoms with Crippen LogP contribution in [-0.4, -0.2) is 11.0 Å². The van der Waals surface area contributed by atoms with Crippen LogP contribution in [0.15, 0.2) is 30.3 Å². The molecule has 0 aliphatic rings. The summed E-state index contributed by atoms with van der Waals surface area (Å²) < 4.78 is 0. The van der Waals surface area contributed by atoms with Gasteiger partial charge in [0, 0.05) is 11.6 Å². The largest absolute Gasteiger partial charge is 0.373 e. The Balaban J connectivity index is 2.59. The van der Waals surface area contributed by atoms with Crippen molar-refractivity contribution >= 4 is 17.2 Å². The van der Waals surface area contributed by atoms with E-state index in [0.29, 0.717) is 6.04 Å². The molecule has 0 heterocycles. The normalized spacial score (nSPS) is 12.2. The summed E-state index contributed by atoms with van der Waals surface area (Å²) in [6, 6.07) is 10.5. The zero-order chi connectivity index (χ0) is 9.68. The van der Waals surface area contributed by atoms with Crippen molar-refractivity contribution in [2.45, 2.75) is 26.3 Å². The van der Waals surface area contributed by atoms with Crippen LogP contribution in [0.3, 0.4) is 0 Å². The van der Waals surface area contributed by atoms with E-state index in [0.717, 1.165) is 17.0 Å².